The lowest BCUT2D eigenvalue weighted by atomic mass is 9.85. The van der Waals surface area contributed by atoms with Crippen LogP contribution in [-0.4, -0.2) is 42.9 Å². The molecule has 0 amide bonds. The average molecular weight is 378 g/mol. The Balaban J connectivity index is 1.46. The van der Waals surface area contributed by atoms with Gasteiger partial charge in [0, 0.05) is 44.0 Å². The number of aliphatic hydroxyl groups is 1. The van der Waals surface area contributed by atoms with Gasteiger partial charge in [-0.2, -0.15) is 5.10 Å². The third kappa shape index (κ3) is 2.94. The number of hydrogen-bond acceptors (Lipinski definition) is 6. The van der Waals surface area contributed by atoms with E-state index in [4.69, 9.17) is 9.97 Å². The molecule has 4 heterocycles. The second-order valence-electron chi connectivity index (χ2n) is 8.15. The van der Waals surface area contributed by atoms with Gasteiger partial charge in [-0.3, -0.25) is 9.67 Å². The molecule has 0 atom stereocenters. The summed E-state index contributed by atoms with van der Waals surface area (Å²) in [6.07, 6.45) is 11.6. The molecule has 3 aromatic rings. The average Bonchev–Trinajstić information content (AvgIpc) is 3.39. The van der Waals surface area contributed by atoms with Crippen LogP contribution in [0, 0.1) is 0 Å². The first-order valence-electron chi connectivity index (χ1n) is 10.2. The number of nitrogens with zero attached hydrogens (tertiary/aromatic N) is 6. The lowest BCUT2D eigenvalue weighted by Gasteiger charge is -2.39. The summed E-state index contributed by atoms with van der Waals surface area (Å²) < 4.78 is 1.84. The zero-order valence-electron chi connectivity index (χ0n) is 16.3. The van der Waals surface area contributed by atoms with Crippen LogP contribution in [0.2, 0.25) is 0 Å². The second-order valence-corrected chi connectivity index (χ2v) is 8.15. The molecule has 0 aromatic carbocycles. The molecular weight excluding hydrogens is 352 g/mol. The summed E-state index contributed by atoms with van der Waals surface area (Å²) in [5.41, 5.74) is 0.982. The van der Waals surface area contributed by atoms with Gasteiger partial charge in [-0.15, -0.1) is 0 Å². The minimum absolute atomic E-state index is 0.454. The molecule has 1 N–H and O–H groups in total. The van der Waals surface area contributed by atoms with Crippen molar-refractivity contribution in [1.82, 2.24) is 24.7 Å². The predicted molar refractivity (Wildman–Crippen MR) is 107 cm³/mol. The number of aromatic nitrogens is 5. The quantitative estimate of drug-likeness (QED) is 0.755. The molecule has 7 nitrogen and oxygen atoms in total. The first kappa shape index (κ1) is 17.6. The molecule has 146 valence electrons. The van der Waals surface area contributed by atoms with E-state index in [1.54, 1.807) is 12.4 Å². The lowest BCUT2D eigenvalue weighted by Crippen LogP contribution is -2.43. The number of rotatable bonds is 3. The summed E-state index contributed by atoms with van der Waals surface area (Å²) in [4.78, 5) is 16.3. The van der Waals surface area contributed by atoms with Crippen molar-refractivity contribution in [1.29, 1.82) is 0 Å². The maximum Gasteiger partial charge on any atom is 0.163 e. The molecule has 1 saturated carbocycles. The van der Waals surface area contributed by atoms with Crippen LogP contribution in [0.5, 0.6) is 0 Å². The highest BCUT2D eigenvalue weighted by atomic mass is 16.3. The number of aryl methyl sites for hydroxylation is 1. The third-order valence-electron chi connectivity index (χ3n) is 6.40. The van der Waals surface area contributed by atoms with Gasteiger partial charge in [0.05, 0.1) is 17.2 Å². The van der Waals surface area contributed by atoms with Crippen LogP contribution in [0.3, 0.4) is 0 Å². The lowest BCUT2D eigenvalue weighted by molar-refractivity contribution is 0.0114. The molecule has 0 unspecified atom stereocenters. The first-order chi connectivity index (χ1) is 13.6. The van der Waals surface area contributed by atoms with Gasteiger partial charge in [-0.1, -0.05) is 18.9 Å². The Morgan fingerprint density at radius 3 is 2.61 bits per heavy atom. The van der Waals surface area contributed by atoms with Crippen LogP contribution in [-0.2, 0) is 12.6 Å². The van der Waals surface area contributed by atoms with Crippen molar-refractivity contribution >= 4 is 16.9 Å². The summed E-state index contributed by atoms with van der Waals surface area (Å²) in [5.74, 6) is 2.38. The topological polar surface area (TPSA) is 80.0 Å². The van der Waals surface area contributed by atoms with E-state index in [-0.39, 0.29) is 0 Å². The molecule has 2 fully saturated rings. The van der Waals surface area contributed by atoms with Crippen molar-refractivity contribution < 1.29 is 5.11 Å². The maximum atomic E-state index is 11.1. The summed E-state index contributed by atoms with van der Waals surface area (Å²) in [6, 6.07) is 3.85. The van der Waals surface area contributed by atoms with Crippen LogP contribution < -0.4 is 4.90 Å². The van der Waals surface area contributed by atoms with E-state index in [2.05, 4.69) is 15.0 Å². The molecule has 1 aliphatic carbocycles. The van der Waals surface area contributed by atoms with Crippen LogP contribution >= 0.6 is 0 Å². The van der Waals surface area contributed by atoms with Crippen LogP contribution in [0.1, 0.15) is 55.8 Å². The fraction of sp³-hybridized carbons (Fsp3) is 0.524. The Morgan fingerprint density at radius 2 is 1.89 bits per heavy atom. The van der Waals surface area contributed by atoms with Crippen molar-refractivity contribution in [3.63, 3.8) is 0 Å². The van der Waals surface area contributed by atoms with Gasteiger partial charge in [-0.05, 0) is 31.7 Å². The Bertz CT molecular complexity index is 971. The van der Waals surface area contributed by atoms with E-state index in [1.807, 2.05) is 30.1 Å². The minimum atomic E-state index is -0.819. The zero-order valence-corrected chi connectivity index (χ0v) is 16.3. The van der Waals surface area contributed by atoms with Crippen molar-refractivity contribution in [2.45, 2.75) is 50.0 Å². The third-order valence-corrected chi connectivity index (χ3v) is 6.40. The van der Waals surface area contributed by atoms with E-state index in [1.165, 1.54) is 25.7 Å². The Morgan fingerprint density at radius 1 is 1.11 bits per heavy atom. The molecule has 7 heteroatoms. The number of anilines is 1. The molecule has 5 rings (SSSR count). The highest BCUT2D eigenvalue weighted by molar-refractivity contribution is 5.87. The molecule has 0 radical (unpaired) electrons. The molecule has 1 saturated heterocycles. The number of hydrogen-bond donors (Lipinski definition) is 1. The van der Waals surface area contributed by atoms with Gasteiger partial charge in [0.1, 0.15) is 11.6 Å². The van der Waals surface area contributed by atoms with E-state index in [9.17, 15) is 5.11 Å². The summed E-state index contributed by atoms with van der Waals surface area (Å²) in [7, 11) is 1.94. The number of piperidine rings is 1. The number of pyridine rings is 1. The van der Waals surface area contributed by atoms with E-state index >= 15 is 0 Å². The van der Waals surface area contributed by atoms with Gasteiger partial charge in [0.15, 0.2) is 5.65 Å². The summed E-state index contributed by atoms with van der Waals surface area (Å²) in [5, 5.41) is 16.6. The largest absolute Gasteiger partial charge is 0.385 e. The van der Waals surface area contributed by atoms with E-state index in [0.29, 0.717) is 18.8 Å². The first-order valence-corrected chi connectivity index (χ1v) is 10.2. The highest BCUT2D eigenvalue weighted by Gasteiger charge is 2.35. The van der Waals surface area contributed by atoms with Gasteiger partial charge in [0.2, 0.25) is 0 Å². The maximum absolute atomic E-state index is 11.1. The second kappa shape index (κ2) is 6.81. The van der Waals surface area contributed by atoms with E-state index < -0.39 is 5.60 Å². The Kier molecular flexibility index (Phi) is 4.27. The molecule has 0 bridgehead atoms. The normalized spacial score (nSPS) is 20.1. The predicted octanol–water partition coefficient (Wildman–Crippen LogP) is 2.90. The smallest absolute Gasteiger partial charge is 0.163 e. The monoisotopic (exact) mass is 378 g/mol. The van der Waals surface area contributed by atoms with E-state index in [0.717, 1.165) is 41.3 Å². The number of fused-ring (bicyclic) bond motifs is 1. The van der Waals surface area contributed by atoms with Gasteiger partial charge >= 0.3 is 0 Å². The Labute approximate surface area is 164 Å². The van der Waals surface area contributed by atoms with Crippen LogP contribution in [0.4, 0.5) is 5.82 Å². The minimum Gasteiger partial charge on any atom is -0.385 e. The molecule has 3 aromatic heterocycles. The van der Waals surface area contributed by atoms with Crippen LogP contribution in [0.25, 0.3) is 11.0 Å². The van der Waals surface area contributed by atoms with Crippen molar-refractivity contribution in [3.8, 4) is 0 Å². The van der Waals surface area contributed by atoms with Gasteiger partial charge < -0.3 is 10.0 Å². The summed E-state index contributed by atoms with van der Waals surface area (Å²) >= 11 is 0. The molecule has 0 spiro atoms. The molecule has 2 aliphatic rings. The van der Waals surface area contributed by atoms with Gasteiger partial charge in [-0.25, -0.2) is 9.97 Å². The fourth-order valence-electron chi connectivity index (χ4n) is 4.65. The SMILES string of the molecule is Cn1ncc2c(N3CCC(O)(c4cccnc4)CC3)nc(C3CCCC3)nc21. The molecule has 28 heavy (non-hydrogen) atoms. The molecule has 1 aliphatic heterocycles. The summed E-state index contributed by atoms with van der Waals surface area (Å²) in [6.45, 7) is 1.49. The van der Waals surface area contributed by atoms with Crippen molar-refractivity contribution in [3.05, 3.63) is 42.1 Å². The van der Waals surface area contributed by atoms with Crippen molar-refractivity contribution in [2.75, 3.05) is 18.0 Å². The highest BCUT2D eigenvalue weighted by Crippen LogP contribution is 2.38. The fourth-order valence-corrected chi connectivity index (χ4v) is 4.65. The zero-order chi connectivity index (χ0) is 19.1. The standard InChI is InChI=1S/C21H26N6O/c1-26-19-17(14-23-26)20(25-18(24-19)15-5-2-3-6-15)27-11-8-21(28,9-12-27)16-7-4-10-22-13-16/h4,7,10,13-15,28H,2-3,5-6,8-9,11-12H2,1H3. The van der Waals surface area contributed by atoms with Crippen molar-refractivity contribution in [2.24, 2.45) is 7.05 Å². The molecular formula is C21H26N6O. The van der Waals surface area contributed by atoms with Crippen LogP contribution in [0.15, 0.2) is 30.7 Å². The Hall–Kier alpha value is -2.54. The van der Waals surface area contributed by atoms with Gasteiger partial charge in [0.25, 0.3) is 0 Å².